The van der Waals surface area contributed by atoms with E-state index in [1.165, 1.54) is 6.92 Å². The minimum absolute atomic E-state index is 0.129. The van der Waals surface area contributed by atoms with Crippen molar-refractivity contribution in [3.8, 4) is 0 Å². The molecule has 7 nitrogen and oxygen atoms in total. The lowest BCUT2D eigenvalue weighted by molar-refractivity contribution is -0.117. The third-order valence-electron chi connectivity index (χ3n) is 2.92. The molecule has 0 spiro atoms. The third-order valence-corrected chi connectivity index (χ3v) is 2.92. The van der Waals surface area contributed by atoms with Gasteiger partial charge >= 0.3 is 6.09 Å². The molecule has 0 aliphatic rings. The predicted octanol–water partition coefficient (Wildman–Crippen LogP) is 2.20. The van der Waals surface area contributed by atoms with E-state index in [1.807, 2.05) is 30.3 Å². The average molecular weight is 368 g/mol. The van der Waals surface area contributed by atoms with Crippen molar-refractivity contribution in [1.29, 1.82) is 0 Å². The van der Waals surface area contributed by atoms with Gasteiger partial charge in [0.1, 0.15) is 18.2 Å². The molecule has 0 bridgehead atoms. The molecular formula is C19H32N2O5. The molecule has 4 N–H and O–H groups in total. The quantitative estimate of drug-likeness (QED) is 0.575. The number of ketones is 2. The maximum absolute atomic E-state index is 11.2. The maximum atomic E-state index is 11.2. The minimum Gasteiger partial charge on any atom is -0.445 e. The number of rotatable bonds is 9. The lowest BCUT2D eigenvalue weighted by Crippen LogP contribution is -2.25. The highest BCUT2D eigenvalue weighted by molar-refractivity contribution is 5.75. The van der Waals surface area contributed by atoms with Gasteiger partial charge in [0.2, 0.25) is 0 Å². The van der Waals surface area contributed by atoms with Crippen molar-refractivity contribution in [2.45, 2.75) is 46.1 Å². The molecule has 1 amide bonds. The Labute approximate surface area is 155 Å². The van der Waals surface area contributed by atoms with Crippen molar-refractivity contribution in [2.24, 2.45) is 5.73 Å². The smallest absolute Gasteiger partial charge is 0.407 e. The highest BCUT2D eigenvalue weighted by Crippen LogP contribution is 2.00. The minimum atomic E-state index is -0.447. The van der Waals surface area contributed by atoms with Gasteiger partial charge in [-0.3, -0.25) is 0 Å². The zero-order valence-corrected chi connectivity index (χ0v) is 16.0. The van der Waals surface area contributed by atoms with E-state index >= 15 is 0 Å². The number of nitrogens with two attached hydrogens (primary N) is 1. The number of nitrogens with one attached hydrogen (secondary N) is 1. The zero-order chi connectivity index (χ0) is 20.2. The Kier molecular flexibility index (Phi) is 19.1. The van der Waals surface area contributed by atoms with Crippen LogP contribution in [0, 0.1) is 0 Å². The number of aliphatic hydroxyl groups is 1. The SMILES string of the molecule is CC(=O)CCCN.CC(=O)CCCNC(=O)OCc1ccccc1.CO. The second-order valence-corrected chi connectivity index (χ2v) is 5.39. The van der Waals surface area contributed by atoms with E-state index in [2.05, 4.69) is 5.32 Å². The van der Waals surface area contributed by atoms with Gasteiger partial charge in [-0.1, -0.05) is 30.3 Å². The lowest BCUT2D eigenvalue weighted by atomic mass is 10.2. The molecule has 0 saturated heterocycles. The first-order chi connectivity index (χ1) is 12.5. The molecule has 1 aromatic rings. The molecule has 0 aromatic heterocycles. The molecule has 0 heterocycles. The van der Waals surface area contributed by atoms with Crippen LogP contribution in [0.3, 0.4) is 0 Å². The van der Waals surface area contributed by atoms with Crippen LogP contribution in [0.2, 0.25) is 0 Å². The number of benzene rings is 1. The molecular weight excluding hydrogens is 336 g/mol. The number of hydrogen-bond acceptors (Lipinski definition) is 6. The molecule has 7 heteroatoms. The van der Waals surface area contributed by atoms with Crippen LogP contribution >= 0.6 is 0 Å². The zero-order valence-electron chi connectivity index (χ0n) is 16.0. The van der Waals surface area contributed by atoms with Crippen molar-refractivity contribution >= 4 is 17.7 Å². The van der Waals surface area contributed by atoms with Gasteiger partial charge in [0.25, 0.3) is 0 Å². The largest absolute Gasteiger partial charge is 0.445 e. The number of carbonyl (C=O) groups excluding carboxylic acids is 3. The predicted molar refractivity (Wildman–Crippen MR) is 102 cm³/mol. The number of ether oxygens (including phenoxy) is 1. The van der Waals surface area contributed by atoms with Crippen molar-refractivity contribution in [1.82, 2.24) is 5.32 Å². The normalized spacial score (nSPS) is 8.96. The van der Waals surface area contributed by atoms with E-state index in [1.54, 1.807) is 6.92 Å². The molecule has 0 saturated carbocycles. The van der Waals surface area contributed by atoms with Crippen molar-refractivity contribution in [3.63, 3.8) is 0 Å². The first kappa shape index (κ1) is 26.0. The van der Waals surface area contributed by atoms with Crippen LogP contribution in [0.25, 0.3) is 0 Å². The molecule has 148 valence electrons. The van der Waals surface area contributed by atoms with Crippen LogP contribution in [0.15, 0.2) is 30.3 Å². The Morgan fingerprint density at radius 3 is 2.00 bits per heavy atom. The van der Waals surface area contributed by atoms with Gasteiger partial charge in [-0.25, -0.2) is 4.79 Å². The molecule has 0 fully saturated rings. The summed E-state index contributed by atoms with van der Waals surface area (Å²) in [5, 5.41) is 9.59. The fourth-order valence-corrected chi connectivity index (χ4v) is 1.65. The second-order valence-electron chi connectivity index (χ2n) is 5.39. The highest BCUT2D eigenvalue weighted by atomic mass is 16.5. The molecule has 26 heavy (non-hydrogen) atoms. The number of carbonyl (C=O) groups is 3. The van der Waals surface area contributed by atoms with Crippen molar-refractivity contribution in [3.05, 3.63) is 35.9 Å². The summed E-state index contributed by atoms with van der Waals surface area (Å²) in [6.07, 6.45) is 2.15. The van der Waals surface area contributed by atoms with E-state index in [0.29, 0.717) is 32.4 Å². The van der Waals surface area contributed by atoms with Gasteiger partial charge < -0.3 is 30.5 Å². The van der Waals surface area contributed by atoms with Gasteiger partial charge in [-0.2, -0.15) is 0 Å². The second kappa shape index (κ2) is 19.1. The molecule has 0 unspecified atom stereocenters. The number of hydrogen-bond donors (Lipinski definition) is 3. The van der Waals surface area contributed by atoms with Crippen molar-refractivity contribution in [2.75, 3.05) is 20.2 Å². The summed E-state index contributed by atoms with van der Waals surface area (Å²) in [6, 6.07) is 9.48. The molecule has 1 rings (SSSR count). The Balaban J connectivity index is 0. The van der Waals surface area contributed by atoms with E-state index in [0.717, 1.165) is 19.1 Å². The highest BCUT2D eigenvalue weighted by Gasteiger charge is 2.01. The first-order valence-corrected chi connectivity index (χ1v) is 8.54. The maximum Gasteiger partial charge on any atom is 0.407 e. The number of alkyl carbamates (subject to hydrolysis) is 1. The number of Topliss-reactive ketones (excluding diaryl/α,β-unsaturated/α-hetero) is 2. The molecule has 0 aliphatic carbocycles. The topological polar surface area (TPSA) is 119 Å². The van der Waals surface area contributed by atoms with Crippen molar-refractivity contribution < 1.29 is 24.2 Å². The van der Waals surface area contributed by atoms with Crippen LogP contribution < -0.4 is 11.1 Å². The lowest BCUT2D eigenvalue weighted by Gasteiger charge is -2.06. The van der Waals surface area contributed by atoms with E-state index in [4.69, 9.17) is 15.6 Å². The van der Waals surface area contributed by atoms with E-state index in [-0.39, 0.29) is 18.2 Å². The van der Waals surface area contributed by atoms with Crippen LogP contribution in [0.5, 0.6) is 0 Å². The van der Waals surface area contributed by atoms with Crippen LogP contribution in [-0.2, 0) is 20.9 Å². The average Bonchev–Trinajstić information content (AvgIpc) is 2.64. The fraction of sp³-hybridized carbons (Fsp3) is 0.526. The Bertz CT molecular complexity index is 492. The molecule has 0 radical (unpaired) electrons. The van der Waals surface area contributed by atoms with Crippen LogP contribution in [0.4, 0.5) is 4.79 Å². The molecule has 0 aliphatic heterocycles. The Morgan fingerprint density at radius 1 is 1.00 bits per heavy atom. The number of aliphatic hydroxyl groups excluding tert-OH is 1. The fourth-order valence-electron chi connectivity index (χ4n) is 1.65. The van der Waals surface area contributed by atoms with Crippen LogP contribution in [0.1, 0.15) is 45.1 Å². The monoisotopic (exact) mass is 368 g/mol. The van der Waals surface area contributed by atoms with Crippen LogP contribution in [-0.4, -0.2) is 43.0 Å². The summed E-state index contributed by atoms with van der Waals surface area (Å²) in [6.45, 7) is 4.47. The summed E-state index contributed by atoms with van der Waals surface area (Å²) in [4.78, 5) is 32.0. The van der Waals surface area contributed by atoms with Gasteiger partial charge in [0.05, 0.1) is 0 Å². The van der Waals surface area contributed by atoms with Gasteiger partial charge in [-0.05, 0) is 38.8 Å². The van der Waals surface area contributed by atoms with Gasteiger partial charge in [0.15, 0.2) is 0 Å². The third kappa shape index (κ3) is 19.8. The molecule has 1 aromatic carbocycles. The first-order valence-electron chi connectivity index (χ1n) is 8.54. The van der Waals surface area contributed by atoms with Gasteiger partial charge in [0, 0.05) is 26.5 Å². The Morgan fingerprint density at radius 2 is 1.54 bits per heavy atom. The summed E-state index contributed by atoms with van der Waals surface area (Å²) in [7, 11) is 1.00. The Hall–Kier alpha value is -2.25. The summed E-state index contributed by atoms with van der Waals surface area (Å²) in [5.41, 5.74) is 6.07. The van der Waals surface area contributed by atoms with E-state index < -0.39 is 6.09 Å². The summed E-state index contributed by atoms with van der Waals surface area (Å²) < 4.78 is 5.00. The standard InChI is InChI=1S/C13H17NO3.C5H11NO.CH4O/c1-11(15)6-5-9-14-13(16)17-10-12-7-3-2-4-8-12;1-5(7)3-2-4-6;1-2/h2-4,7-8H,5-6,9-10H2,1H3,(H,14,16);2-4,6H2,1H3;2H,1H3. The van der Waals surface area contributed by atoms with Gasteiger partial charge in [-0.15, -0.1) is 0 Å². The number of amides is 1. The van der Waals surface area contributed by atoms with E-state index in [9.17, 15) is 14.4 Å². The summed E-state index contributed by atoms with van der Waals surface area (Å²) in [5.74, 6) is 0.356. The molecule has 0 atom stereocenters. The summed E-state index contributed by atoms with van der Waals surface area (Å²) >= 11 is 0.